The van der Waals surface area contributed by atoms with Gasteiger partial charge in [-0.05, 0) is 26.0 Å². The van der Waals surface area contributed by atoms with Crippen molar-refractivity contribution >= 4 is 21.6 Å². The van der Waals surface area contributed by atoms with Gasteiger partial charge in [0.15, 0.2) is 0 Å². The molecule has 98 valence electrons. The minimum Gasteiger partial charge on any atom is -0.316 e. The van der Waals surface area contributed by atoms with Crippen LogP contribution < -0.4 is 5.32 Å². The summed E-state index contributed by atoms with van der Waals surface area (Å²) in [5.41, 5.74) is 1.18. The van der Waals surface area contributed by atoms with Gasteiger partial charge in [-0.1, -0.05) is 20.8 Å². The molecule has 18 heavy (non-hydrogen) atoms. The average molecular weight is 263 g/mol. The highest BCUT2D eigenvalue weighted by Crippen LogP contribution is 2.31. The second kappa shape index (κ2) is 5.76. The molecule has 0 spiro atoms. The number of rotatable bonds is 5. The molecule has 0 bridgehead atoms. The summed E-state index contributed by atoms with van der Waals surface area (Å²) in [6.07, 6.45) is 3.87. The van der Waals surface area contributed by atoms with Crippen LogP contribution in [-0.2, 0) is 6.42 Å². The maximum Gasteiger partial charge on any atom is 0.127 e. The van der Waals surface area contributed by atoms with Crippen LogP contribution in [-0.4, -0.2) is 23.1 Å². The zero-order chi connectivity index (χ0) is 13.1. The van der Waals surface area contributed by atoms with Gasteiger partial charge in [-0.25, -0.2) is 9.97 Å². The second-order valence-corrected chi connectivity index (χ2v) is 5.75. The minimum absolute atomic E-state index is 0.407. The van der Waals surface area contributed by atoms with E-state index in [2.05, 4.69) is 42.1 Å². The van der Waals surface area contributed by atoms with Gasteiger partial charge in [0, 0.05) is 22.2 Å². The SMILES string of the molecule is CCc1cc2c(C(C)C(CC)NC)ncnc2s1. The molecule has 2 unspecified atom stereocenters. The molecular formula is C14H21N3S. The minimum atomic E-state index is 0.407. The van der Waals surface area contributed by atoms with Crippen molar-refractivity contribution in [3.8, 4) is 0 Å². The number of likely N-dealkylation sites (N-methyl/N-ethyl adjacent to an activating group) is 1. The van der Waals surface area contributed by atoms with Gasteiger partial charge in [-0.3, -0.25) is 0 Å². The first-order valence-electron chi connectivity index (χ1n) is 6.61. The van der Waals surface area contributed by atoms with Gasteiger partial charge in [0.25, 0.3) is 0 Å². The molecule has 0 saturated heterocycles. The highest BCUT2D eigenvalue weighted by molar-refractivity contribution is 7.18. The fourth-order valence-electron chi connectivity index (χ4n) is 2.46. The smallest absolute Gasteiger partial charge is 0.127 e. The molecule has 0 aromatic carbocycles. The topological polar surface area (TPSA) is 37.8 Å². The third-order valence-corrected chi connectivity index (χ3v) is 4.79. The number of aromatic nitrogens is 2. The fraction of sp³-hybridized carbons (Fsp3) is 0.571. The molecule has 2 aromatic rings. The first kappa shape index (κ1) is 13.4. The Morgan fingerprint density at radius 3 is 2.72 bits per heavy atom. The van der Waals surface area contributed by atoms with Crippen molar-refractivity contribution < 1.29 is 0 Å². The Labute approximate surface area is 113 Å². The third-order valence-electron chi connectivity index (χ3n) is 3.61. The summed E-state index contributed by atoms with van der Waals surface area (Å²) in [5.74, 6) is 0.407. The lowest BCUT2D eigenvalue weighted by Gasteiger charge is -2.22. The van der Waals surface area contributed by atoms with Gasteiger partial charge < -0.3 is 5.32 Å². The van der Waals surface area contributed by atoms with Gasteiger partial charge >= 0.3 is 0 Å². The third kappa shape index (κ3) is 2.40. The molecule has 0 amide bonds. The van der Waals surface area contributed by atoms with Crippen LogP contribution in [0.2, 0.25) is 0 Å². The first-order chi connectivity index (χ1) is 8.71. The predicted octanol–water partition coefficient (Wildman–Crippen LogP) is 3.36. The van der Waals surface area contributed by atoms with Crippen LogP contribution in [0.4, 0.5) is 0 Å². The average Bonchev–Trinajstić information content (AvgIpc) is 2.82. The molecule has 2 rings (SSSR count). The summed E-state index contributed by atoms with van der Waals surface area (Å²) in [5, 5.41) is 4.62. The predicted molar refractivity (Wildman–Crippen MR) is 78.3 cm³/mol. The van der Waals surface area contributed by atoms with Crippen LogP contribution in [0.15, 0.2) is 12.4 Å². The molecular weight excluding hydrogens is 242 g/mol. The van der Waals surface area contributed by atoms with Crippen molar-refractivity contribution in [1.82, 2.24) is 15.3 Å². The van der Waals surface area contributed by atoms with Crippen LogP contribution in [0.1, 0.15) is 43.7 Å². The molecule has 0 saturated carbocycles. The Bertz CT molecular complexity index is 517. The Kier molecular flexibility index (Phi) is 4.30. The molecule has 1 N–H and O–H groups in total. The quantitative estimate of drug-likeness (QED) is 0.899. The van der Waals surface area contributed by atoms with E-state index < -0.39 is 0 Å². The van der Waals surface area contributed by atoms with Crippen molar-refractivity contribution in [3.63, 3.8) is 0 Å². The van der Waals surface area contributed by atoms with Crippen LogP contribution >= 0.6 is 11.3 Å². The molecule has 0 aliphatic carbocycles. The van der Waals surface area contributed by atoms with Gasteiger partial charge in [0.05, 0.1) is 5.69 Å². The van der Waals surface area contributed by atoms with Crippen LogP contribution in [0.3, 0.4) is 0 Å². The molecule has 0 fully saturated rings. The Morgan fingerprint density at radius 1 is 1.33 bits per heavy atom. The lowest BCUT2D eigenvalue weighted by molar-refractivity contribution is 0.468. The van der Waals surface area contributed by atoms with E-state index in [9.17, 15) is 0 Å². The van der Waals surface area contributed by atoms with Crippen molar-refractivity contribution in [2.75, 3.05) is 7.05 Å². The zero-order valence-corrected chi connectivity index (χ0v) is 12.3. The fourth-order valence-corrected chi connectivity index (χ4v) is 3.40. The molecule has 0 radical (unpaired) electrons. The zero-order valence-electron chi connectivity index (χ0n) is 11.5. The van der Waals surface area contributed by atoms with Gasteiger partial charge in [0.2, 0.25) is 0 Å². The van der Waals surface area contributed by atoms with E-state index >= 15 is 0 Å². The van der Waals surface area contributed by atoms with E-state index in [0.717, 1.165) is 17.7 Å². The van der Waals surface area contributed by atoms with Gasteiger partial charge in [-0.15, -0.1) is 11.3 Å². The summed E-state index contributed by atoms with van der Waals surface area (Å²) in [4.78, 5) is 11.4. The van der Waals surface area contributed by atoms with Gasteiger partial charge in [-0.2, -0.15) is 0 Å². The van der Waals surface area contributed by atoms with Crippen molar-refractivity contribution in [2.45, 2.75) is 45.6 Å². The van der Waals surface area contributed by atoms with Crippen LogP contribution in [0.5, 0.6) is 0 Å². The van der Waals surface area contributed by atoms with Crippen LogP contribution in [0, 0.1) is 0 Å². The largest absolute Gasteiger partial charge is 0.316 e. The first-order valence-corrected chi connectivity index (χ1v) is 7.43. The van der Waals surface area contributed by atoms with E-state index in [0.29, 0.717) is 12.0 Å². The van der Waals surface area contributed by atoms with E-state index in [1.165, 1.54) is 16.0 Å². The standard InChI is InChI=1S/C14H21N3S/c1-5-10-7-11-13(9(3)12(6-2)15-4)16-8-17-14(11)18-10/h7-9,12,15H,5-6H2,1-4H3. The number of hydrogen-bond donors (Lipinski definition) is 1. The maximum absolute atomic E-state index is 4.53. The van der Waals surface area contributed by atoms with E-state index in [4.69, 9.17) is 0 Å². The number of fused-ring (bicyclic) bond motifs is 1. The van der Waals surface area contributed by atoms with Crippen LogP contribution in [0.25, 0.3) is 10.2 Å². The molecule has 2 atom stereocenters. The summed E-state index contributed by atoms with van der Waals surface area (Å²) >= 11 is 1.78. The number of hydrogen-bond acceptors (Lipinski definition) is 4. The lowest BCUT2D eigenvalue weighted by atomic mass is 9.94. The highest BCUT2D eigenvalue weighted by atomic mass is 32.1. The molecule has 2 aromatic heterocycles. The summed E-state index contributed by atoms with van der Waals surface area (Å²) in [6.45, 7) is 6.64. The molecule has 4 heteroatoms. The Hall–Kier alpha value is -1.00. The number of aryl methyl sites for hydroxylation is 1. The Balaban J connectivity index is 2.46. The molecule has 3 nitrogen and oxygen atoms in total. The van der Waals surface area contributed by atoms with E-state index in [-0.39, 0.29) is 0 Å². The monoisotopic (exact) mass is 263 g/mol. The number of nitrogens with one attached hydrogen (secondary N) is 1. The molecule has 0 aliphatic heterocycles. The maximum atomic E-state index is 4.53. The number of thiophene rings is 1. The summed E-state index contributed by atoms with van der Waals surface area (Å²) in [6, 6.07) is 2.72. The normalized spacial score (nSPS) is 14.9. The Morgan fingerprint density at radius 2 is 2.11 bits per heavy atom. The van der Waals surface area contributed by atoms with E-state index in [1.807, 2.05) is 7.05 Å². The van der Waals surface area contributed by atoms with Crippen molar-refractivity contribution in [2.24, 2.45) is 0 Å². The second-order valence-electron chi connectivity index (χ2n) is 4.64. The summed E-state index contributed by atoms with van der Waals surface area (Å²) in [7, 11) is 2.02. The van der Waals surface area contributed by atoms with Gasteiger partial charge in [0.1, 0.15) is 11.2 Å². The highest BCUT2D eigenvalue weighted by Gasteiger charge is 2.20. The lowest BCUT2D eigenvalue weighted by Crippen LogP contribution is -2.30. The number of nitrogens with zero attached hydrogens (tertiary/aromatic N) is 2. The summed E-state index contributed by atoms with van der Waals surface area (Å²) < 4.78 is 0. The molecule has 2 heterocycles. The van der Waals surface area contributed by atoms with Crippen molar-refractivity contribution in [1.29, 1.82) is 0 Å². The molecule has 0 aliphatic rings. The van der Waals surface area contributed by atoms with Crippen molar-refractivity contribution in [3.05, 3.63) is 23.0 Å². The van der Waals surface area contributed by atoms with E-state index in [1.54, 1.807) is 17.7 Å².